The van der Waals surface area contributed by atoms with Crippen LogP contribution in [0.1, 0.15) is 34.5 Å². The van der Waals surface area contributed by atoms with Gasteiger partial charge < -0.3 is 15.2 Å². The number of anilines is 1. The molecule has 0 bridgehead atoms. The first-order valence-corrected chi connectivity index (χ1v) is 7.53. The summed E-state index contributed by atoms with van der Waals surface area (Å²) in [4.78, 5) is 35.5. The van der Waals surface area contributed by atoms with Gasteiger partial charge >= 0.3 is 11.9 Å². The van der Waals surface area contributed by atoms with Crippen molar-refractivity contribution in [1.82, 2.24) is 0 Å². The number of nitrogens with one attached hydrogen (secondary N) is 1. The van der Waals surface area contributed by atoms with Crippen molar-refractivity contribution in [3.05, 3.63) is 15.8 Å². The van der Waals surface area contributed by atoms with E-state index in [4.69, 9.17) is 5.11 Å². The number of hydrogen-bond donors (Lipinski definition) is 2. The molecule has 21 heavy (non-hydrogen) atoms. The lowest BCUT2D eigenvalue weighted by atomic mass is 9.95. The van der Waals surface area contributed by atoms with Gasteiger partial charge in [0.05, 0.1) is 24.6 Å². The molecule has 114 valence electrons. The average molecular weight is 311 g/mol. The summed E-state index contributed by atoms with van der Waals surface area (Å²) in [6.45, 7) is 1.78. The zero-order valence-electron chi connectivity index (χ0n) is 11.8. The minimum atomic E-state index is -0.942. The van der Waals surface area contributed by atoms with E-state index in [0.29, 0.717) is 23.4 Å². The van der Waals surface area contributed by atoms with Crippen LogP contribution in [0.15, 0.2) is 5.38 Å². The zero-order valence-corrected chi connectivity index (χ0v) is 12.7. The summed E-state index contributed by atoms with van der Waals surface area (Å²) in [5.41, 5.74) is 1.19. The van der Waals surface area contributed by atoms with E-state index >= 15 is 0 Å². The van der Waals surface area contributed by atoms with Crippen LogP contribution in [0.3, 0.4) is 0 Å². The molecular weight excluding hydrogens is 294 g/mol. The third kappa shape index (κ3) is 3.07. The fourth-order valence-corrected chi connectivity index (χ4v) is 3.55. The molecule has 1 saturated carbocycles. The van der Waals surface area contributed by atoms with Crippen molar-refractivity contribution < 1.29 is 24.2 Å². The Morgan fingerprint density at radius 2 is 2.00 bits per heavy atom. The number of hydrogen-bond acceptors (Lipinski definition) is 5. The van der Waals surface area contributed by atoms with Crippen LogP contribution >= 0.6 is 11.3 Å². The Balaban J connectivity index is 2.18. The normalized spacial score (nSPS) is 21.0. The lowest BCUT2D eigenvalue weighted by Gasteiger charge is -2.16. The molecule has 6 nitrogen and oxygen atoms in total. The van der Waals surface area contributed by atoms with Gasteiger partial charge in [-0.1, -0.05) is 6.42 Å². The van der Waals surface area contributed by atoms with E-state index in [9.17, 15) is 14.4 Å². The summed E-state index contributed by atoms with van der Waals surface area (Å²) in [5, 5.41) is 13.6. The van der Waals surface area contributed by atoms with Crippen molar-refractivity contribution in [3.8, 4) is 0 Å². The van der Waals surface area contributed by atoms with Crippen molar-refractivity contribution in [2.45, 2.75) is 26.2 Å². The van der Waals surface area contributed by atoms with Crippen molar-refractivity contribution in [2.75, 3.05) is 12.4 Å². The molecule has 2 N–H and O–H groups in total. The molecule has 1 aliphatic rings. The van der Waals surface area contributed by atoms with Gasteiger partial charge in [0.15, 0.2) is 0 Å². The number of thiophene rings is 1. The maximum atomic E-state index is 12.3. The number of ether oxygens (including phenoxy) is 1. The minimum absolute atomic E-state index is 0.327. The van der Waals surface area contributed by atoms with Crippen molar-refractivity contribution in [2.24, 2.45) is 11.8 Å². The second-order valence-electron chi connectivity index (χ2n) is 5.09. The first kappa shape index (κ1) is 15.5. The third-order valence-corrected chi connectivity index (χ3v) is 4.84. The third-order valence-electron chi connectivity index (χ3n) is 3.76. The van der Waals surface area contributed by atoms with Crippen LogP contribution in [0.5, 0.6) is 0 Å². The van der Waals surface area contributed by atoms with Crippen molar-refractivity contribution in [1.29, 1.82) is 0 Å². The van der Waals surface area contributed by atoms with Crippen LogP contribution in [-0.2, 0) is 14.3 Å². The summed E-state index contributed by atoms with van der Waals surface area (Å²) in [7, 11) is 1.28. The van der Waals surface area contributed by atoms with Gasteiger partial charge in [0.25, 0.3) is 0 Å². The number of esters is 1. The second kappa shape index (κ2) is 6.26. The Morgan fingerprint density at radius 1 is 1.33 bits per heavy atom. The summed E-state index contributed by atoms with van der Waals surface area (Å²) < 4.78 is 4.68. The molecule has 0 radical (unpaired) electrons. The Kier molecular flexibility index (Phi) is 4.62. The van der Waals surface area contributed by atoms with Crippen LogP contribution in [-0.4, -0.2) is 30.1 Å². The number of aliphatic carboxylic acids is 1. The van der Waals surface area contributed by atoms with Gasteiger partial charge in [0, 0.05) is 0 Å². The smallest absolute Gasteiger partial charge is 0.350 e. The van der Waals surface area contributed by atoms with Gasteiger partial charge in [-0.3, -0.25) is 9.59 Å². The Morgan fingerprint density at radius 3 is 2.62 bits per heavy atom. The zero-order chi connectivity index (χ0) is 15.6. The lowest BCUT2D eigenvalue weighted by Crippen LogP contribution is -2.30. The standard InChI is InChI=1S/C14H17NO5S/c1-7-6-21-11(14(19)20-2)10(7)15-12(16)8-4-3-5-9(8)13(17)18/h6,8-9H,3-5H2,1-2H3,(H,15,16)(H,17,18). The molecule has 1 aromatic rings. The van der Waals surface area contributed by atoms with Crippen LogP contribution in [0.25, 0.3) is 0 Å². The molecule has 0 saturated heterocycles. The second-order valence-corrected chi connectivity index (χ2v) is 5.97. The first-order chi connectivity index (χ1) is 9.95. The van der Waals surface area contributed by atoms with Crippen LogP contribution in [0, 0.1) is 18.8 Å². The SMILES string of the molecule is COC(=O)c1scc(C)c1NC(=O)C1CCCC1C(=O)O. The predicted molar refractivity (Wildman–Crippen MR) is 77.5 cm³/mol. The largest absolute Gasteiger partial charge is 0.481 e. The van der Waals surface area contributed by atoms with Crippen molar-refractivity contribution >= 4 is 34.9 Å². The molecule has 0 spiro atoms. The first-order valence-electron chi connectivity index (χ1n) is 6.65. The number of carbonyl (C=O) groups is 3. The predicted octanol–water partition coefficient (Wildman–Crippen LogP) is 2.28. The van der Waals surface area contributed by atoms with Gasteiger partial charge in [-0.15, -0.1) is 11.3 Å². The molecule has 1 heterocycles. The number of carbonyl (C=O) groups excluding carboxylic acids is 2. The van der Waals surface area contributed by atoms with E-state index in [-0.39, 0.29) is 5.91 Å². The molecule has 1 aromatic heterocycles. The summed E-state index contributed by atoms with van der Waals surface area (Å²) >= 11 is 1.19. The van der Waals surface area contributed by atoms with Gasteiger partial charge in [-0.2, -0.15) is 0 Å². The number of aryl methyl sites for hydroxylation is 1. The molecule has 7 heteroatoms. The highest BCUT2D eigenvalue weighted by atomic mass is 32.1. The van der Waals surface area contributed by atoms with Gasteiger partial charge in [0.1, 0.15) is 4.88 Å². The van der Waals surface area contributed by atoms with E-state index in [1.54, 1.807) is 12.3 Å². The molecule has 2 atom stereocenters. The van der Waals surface area contributed by atoms with Gasteiger partial charge in [0.2, 0.25) is 5.91 Å². The van der Waals surface area contributed by atoms with E-state index in [1.807, 2.05) is 0 Å². The van der Waals surface area contributed by atoms with Crippen LogP contribution in [0.2, 0.25) is 0 Å². The summed E-state index contributed by atoms with van der Waals surface area (Å²) in [6, 6.07) is 0. The Labute approximate surface area is 126 Å². The molecule has 2 rings (SSSR count). The van der Waals surface area contributed by atoms with E-state index in [1.165, 1.54) is 18.4 Å². The lowest BCUT2D eigenvalue weighted by molar-refractivity contribution is -0.145. The summed E-state index contributed by atoms with van der Waals surface area (Å²) in [5.74, 6) is -2.99. The molecular formula is C14H17NO5S. The van der Waals surface area contributed by atoms with E-state index in [2.05, 4.69) is 10.1 Å². The van der Waals surface area contributed by atoms with Crippen LogP contribution in [0.4, 0.5) is 5.69 Å². The molecule has 1 aliphatic carbocycles. The number of carboxylic acid groups (broad SMARTS) is 1. The molecule has 0 aromatic carbocycles. The van der Waals surface area contributed by atoms with Crippen molar-refractivity contribution in [3.63, 3.8) is 0 Å². The van der Waals surface area contributed by atoms with E-state index < -0.39 is 23.8 Å². The number of methoxy groups -OCH3 is 1. The molecule has 0 aliphatic heterocycles. The topological polar surface area (TPSA) is 92.7 Å². The Bertz CT molecular complexity index is 580. The minimum Gasteiger partial charge on any atom is -0.481 e. The quantitative estimate of drug-likeness (QED) is 0.832. The van der Waals surface area contributed by atoms with Crippen LogP contribution < -0.4 is 5.32 Å². The fourth-order valence-electron chi connectivity index (χ4n) is 2.63. The Hall–Kier alpha value is -1.89. The molecule has 2 unspecified atom stereocenters. The highest BCUT2D eigenvalue weighted by molar-refractivity contribution is 7.12. The highest BCUT2D eigenvalue weighted by Crippen LogP contribution is 2.34. The number of rotatable bonds is 4. The highest BCUT2D eigenvalue weighted by Gasteiger charge is 2.38. The summed E-state index contributed by atoms with van der Waals surface area (Å²) in [6.07, 6.45) is 1.79. The number of amides is 1. The maximum Gasteiger partial charge on any atom is 0.350 e. The monoisotopic (exact) mass is 311 g/mol. The number of carboxylic acids is 1. The fraction of sp³-hybridized carbons (Fsp3) is 0.500. The van der Waals surface area contributed by atoms with Gasteiger partial charge in [-0.25, -0.2) is 4.79 Å². The molecule has 1 amide bonds. The van der Waals surface area contributed by atoms with E-state index in [0.717, 1.165) is 12.0 Å². The van der Waals surface area contributed by atoms with Gasteiger partial charge in [-0.05, 0) is 30.7 Å². The maximum absolute atomic E-state index is 12.3. The average Bonchev–Trinajstić information content (AvgIpc) is 3.06. The molecule has 1 fully saturated rings.